The molecular weight excluding hydrogens is 514 g/mol. The van der Waals surface area contributed by atoms with Gasteiger partial charge in [-0.25, -0.2) is 9.78 Å². The summed E-state index contributed by atoms with van der Waals surface area (Å²) < 4.78 is 5.67. The molecule has 2 N–H and O–H groups in total. The lowest BCUT2D eigenvalue weighted by Gasteiger charge is -2.36. The van der Waals surface area contributed by atoms with E-state index in [4.69, 9.17) is 4.74 Å². The molecule has 0 radical (unpaired) electrons. The van der Waals surface area contributed by atoms with Crippen LogP contribution >= 0.6 is 0 Å². The Hall–Kier alpha value is -2.93. The molecule has 5 rings (SSSR count). The van der Waals surface area contributed by atoms with Gasteiger partial charge in [-0.2, -0.15) is 0 Å². The Kier molecular flexibility index (Phi) is 9.03. The van der Waals surface area contributed by atoms with Crippen LogP contribution < -0.4 is 10.1 Å². The van der Waals surface area contributed by atoms with Gasteiger partial charge in [-0.05, 0) is 54.2 Å². The molecule has 7 nitrogen and oxygen atoms in total. The van der Waals surface area contributed by atoms with E-state index >= 15 is 0 Å². The summed E-state index contributed by atoms with van der Waals surface area (Å²) in [5.41, 5.74) is 2.82. The number of methoxy groups -OCH3 is 1. The summed E-state index contributed by atoms with van der Waals surface area (Å²) in [6.45, 7) is 6.78. The highest BCUT2D eigenvalue weighted by Crippen LogP contribution is 2.49. The summed E-state index contributed by atoms with van der Waals surface area (Å²) in [4.78, 5) is 33.8. The molecule has 2 aromatic rings. The van der Waals surface area contributed by atoms with Gasteiger partial charge >= 0.3 is 5.97 Å². The number of hydrogen-bond acceptors (Lipinski definition) is 5. The van der Waals surface area contributed by atoms with Crippen LogP contribution in [0, 0.1) is 17.3 Å². The molecule has 2 aliphatic carbocycles. The first-order chi connectivity index (χ1) is 19.7. The molecule has 2 heterocycles. The van der Waals surface area contributed by atoms with Gasteiger partial charge in [0.1, 0.15) is 6.04 Å². The third kappa shape index (κ3) is 6.15. The zero-order chi connectivity index (χ0) is 29.1. The molecule has 2 saturated carbocycles. The third-order valence-electron chi connectivity index (χ3n) is 9.76. The number of carboxylic acid groups (broad SMARTS) is 1. The molecular formula is C34H47N3O4. The first-order valence-electron chi connectivity index (χ1n) is 15.6. The van der Waals surface area contributed by atoms with E-state index in [0.29, 0.717) is 18.3 Å². The van der Waals surface area contributed by atoms with E-state index in [9.17, 15) is 14.7 Å². The maximum atomic E-state index is 14.3. The lowest BCUT2D eigenvalue weighted by Crippen LogP contribution is -2.49. The highest BCUT2D eigenvalue weighted by Gasteiger charge is 2.58. The van der Waals surface area contributed by atoms with Crippen LogP contribution in [0.5, 0.6) is 5.88 Å². The lowest BCUT2D eigenvalue weighted by atomic mass is 9.72. The van der Waals surface area contributed by atoms with Gasteiger partial charge in [0.25, 0.3) is 0 Å². The Labute approximate surface area is 245 Å². The number of hydrogen-bond donors (Lipinski definition) is 2. The summed E-state index contributed by atoms with van der Waals surface area (Å²) >= 11 is 0. The number of aromatic nitrogens is 1. The fraction of sp³-hybridized carbons (Fsp3) is 0.618. The number of carbonyl (C=O) groups is 2. The van der Waals surface area contributed by atoms with Gasteiger partial charge in [0.05, 0.1) is 13.2 Å². The van der Waals surface area contributed by atoms with Crippen molar-refractivity contribution in [3.63, 3.8) is 0 Å². The van der Waals surface area contributed by atoms with E-state index < -0.39 is 18.1 Å². The van der Waals surface area contributed by atoms with Gasteiger partial charge in [-0.15, -0.1) is 0 Å². The van der Waals surface area contributed by atoms with Gasteiger partial charge in [-0.1, -0.05) is 83.2 Å². The molecule has 1 aliphatic heterocycles. The average Bonchev–Trinajstić information content (AvgIpc) is 3.63. The van der Waals surface area contributed by atoms with Crippen molar-refractivity contribution in [1.29, 1.82) is 0 Å². The van der Waals surface area contributed by atoms with E-state index in [1.54, 1.807) is 12.0 Å². The SMILES string of the molecule is COc1ncc(C2CCCC2)cc1CN[C@H]1[C@H](C(C)(C)C)[C@@H](C(=O)O)N(C(=O)C2CCCCC2)[C@H]1c1ccccc1. The number of nitrogens with one attached hydrogen (secondary N) is 1. The maximum Gasteiger partial charge on any atom is 0.326 e. The number of pyridine rings is 1. The van der Waals surface area contributed by atoms with Crippen LogP contribution in [0.2, 0.25) is 0 Å². The van der Waals surface area contributed by atoms with Gasteiger partial charge < -0.3 is 20.1 Å². The second-order valence-electron chi connectivity index (χ2n) is 13.4. The van der Waals surface area contributed by atoms with Crippen LogP contribution in [0.1, 0.15) is 107 Å². The topological polar surface area (TPSA) is 91.8 Å². The Morgan fingerprint density at radius 1 is 1.00 bits per heavy atom. The number of carboxylic acids is 1. The zero-order valence-electron chi connectivity index (χ0n) is 25.1. The molecule has 0 bridgehead atoms. The fourth-order valence-electron chi connectivity index (χ4n) is 7.82. The molecule has 0 spiro atoms. The van der Waals surface area contributed by atoms with Crippen LogP contribution in [0.3, 0.4) is 0 Å². The summed E-state index contributed by atoms with van der Waals surface area (Å²) in [6.07, 6.45) is 11.7. The zero-order valence-corrected chi connectivity index (χ0v) is 25.1. The van der Waals surface area contributed by atoms with Gasteiger partial charge in [0, 0.05) is 36.2 Å². The number of amides is 1. The number of nitrogens with zero attached hydrogens (tertiary/aromatic N) is 2. The minimum atomic E-state index is -0.929. The molecule has 4 atom stereocenters. The largest absolute Gasteiger partial charge is 0.481 e. The molecule has 7 heteroatoms. The third-order valence-corrected chi connectivity index (χ3v) is 9.76. The van der Waals surface area contributed by atoms with Crippen LogP contribution in [-0.2, 0) is 16.1 Å². The first-order valence-corrected chi connectivity index (χ1v) is 15.6. The van der Waals surface area contributed by atoms with E-state index in [0.717, 1.165) is 43.2 Å². The molecule has 1 aromatic carbocycles. The second kappa shape index (κ2) is 12.5. The first kappa shape index (κ1) is 29.6. The summed E-state index contributed by atoms with van der Waals surface area (Å²) in [5.74, 6) is -0.254. The van der Waals surface area contributed by atoms with Crippen molar-refractivity contribution in [2.75, 3.05) is 7.11 Å². The Morgan fingerprint density at radius 2 is 1.66 bits per heavy atom. The molecule has 41 heavy (non-hydrogen) atoms. The van der Waals surface area contributed by atoms with Crippen LogP contribution in [0.25, 0.3) is 0 Å². The Bertz CT molecular complexity index is 1200. The van der Waals surface area contributed by atoms with Crippen LogP contribution in [0.4, 0.5) is 0 Å². The lowest BCUT2D eigenvalue weighted by molar-refractivity contribution is -0.154. The van der Waals surface area contributed by atoms with Crippen LogP contribution in [-0.4, -0.2) is 46.1 Å². The molecule has 0 unspecified atom stereocenters. The molecule has 3 aliphatic rings. The molecule has 1 amide bonds. The standard InChI is InChI=1S/C34H47N3O4/c1-34(2,3)27-28(35-21-26-19-25(20-36-31(26)41-4)22-13-11-12-14-22)29(23-15-7-5-8-16-23)37(30(27)33(39)40)32(38)24-17-9-6-10-18-24/h5,7-8,15-16,19-20,22,24,27-30,35H,6,9-14,17-18,21H2,1-4H3,(H,39,40)/t27-,28-,29-,30-/m0/s1. The quantitative estimate of drug-likeness (QED) is 0.383. The molecule has 1 aromatic heterocycles. The normalized spacial score (nSPS) is 25.9. The number of benzene rings is 1. The average molecular weight is 562 g/mol. The number of ether oxygens (including phenoxy) is 1. The summed E-state index contributed by atoms with van der Waals surface area (Å²) in [6, 6.07) is 10.6. The smallest absolute Gasteiger partial charge is 0.326 e. The highest BCUT2D eigenvalue weighted by molar-refractivity contribution is 5.87. The number of likely N-dealkylation sites (tertiary alicyclic amines) is 1. The predicted molar refractivity (Wildman–Crippen MR) is 160 cm³/mol. The van der Waals surface area contributed by atoms with Crippen molar-refractivity contribution in [3.05, 3.63) is 59.3 Å². The van der Waals surface area contributed by atoms with Crippen molar-refractivity contribution in [2.45, 2.75) is 109 Å². The van der Waals surface area contributed by atoms with E-state index in [1.807, 2.05) is 36.5 Å². The second-order valence-corrected chi connectivity index (χ2v) is 13.4. The summed E-state index contributed by atoms with van der Waals surface area (Å²) in [7, 11) is 1.65. The van der Waals surface area contributed by atoms with Gasteiger partial charge in [0.2, 0.25) is 11.8 Å². The molecule has 1 saturated heterocycles. The van der Waals surface area contributed by atoms with Gasteiger partial charge in [0.15, 0.2) is 0 Å². The Balaban J connectivity index is 1.55. The predicted octanol–water partition coefficient (Wildman–Crippen LogP) is 6.49. The maximum absolute atomic E-state index is 14.3. The van der Waals surface area contributed by atoms with Crippen molar-refractivity contribution < 1.29 is 19.4 Å². The number of aliphatic carboxylic acids is 1. The van der Waals surface area contributed by atoms with Crippen LogP contribution in [0.15, 0.2) is 42.6 Å². The van der Waals surface area contributed by atoms with E-state index in [-0.39, 0.29) is 29.2 Å². The molecule has 222 valence electrons. The van der Waals surface area contributed by atoms with Crippen molar-refractivity contribution in [2.24, 2.45) is 17.3 Å². The van der Waals surface area contributed by atoms with E-state index in [2.05, 4.69) is 37.1 Å². The highest BCUT2D eigenvalue weighted by atomic mass is 16.5. The summed E-state index contributed by atoms with van der Waals surface area (Å²) in [5, 5.41) is 14.5. The molecule has 3 fully saturated rings. The number of rotatable bonds is 8. The van der Waals surface area contributed by atoms with E-state index in [1.165, 1.54) is 31.2 Å². The minimum absolute atomic E-state index is 0.00742. The Morgan fingerprint density at radius 3 is 2.27 bits per heavy atom. The van der Waals surface area contributed by atoms with Crippen molar-refractivity contribution in [3.8, 4) is 5.88 Å². The fourth-order valence-corrected chi connectivity index (χ4v) is 7.82. The number of carbonyl (C=O) groups excluding carboxylic acids is 1. The van der Waals surface area contributed by atoms with Crippen molar-refractivity contribution in [1.82, 2.24) is 15.2 Å². The minimum Gasteiger partial charge on any atom is -0.481 e. The van der Waals surface area contributed by atoms with Crippen molar-refractivity contribution >= 4 is 11.9 Å². The monoisotopic (exact) mass is 561 g/mol. The van der Waals surface area contributed by atoms with Gasteiger partial charge in [-0.3, -0.25) is 4.79 Å².